The first-order valence-corrected chi connectivity index (χ1v) is 9.31. The third-order valence-electron chi connectivity index (χ3n) is 4.16. The molecule has 0 unspecified atom stereocenters. The van der Waals surface area contributed by atoms with Crippen LogP contribution in [0, 0.1) is 0 Å². The van der Waals surface area contributed by atoms with Crippen molar-refractivity contribution in [1.29, 1.82) is 0 Å². The molecule has 0 saturated heterocycles. The van der Waals surface area contributed by atoms with Gasteiger partial charge in [0.2, 0.25) is 0 Å². The summed E-state index contributed by atoms with van der Waals surface area (Å²) < 4.78 is 16.6. The minimum atomic E-state index is -0.0708. The summed E-state index contributed by atoms with van der Waals surface area (Å²) in [7, 11) is 0. The summed E-state index contributed by atoms with van der Waals surface area (Å²) in [6.07, 6.45) is 1.64. The first-order valence-electron chi connectivity index (χ1n) is 9.31. The zero-order valence-corrected chi connectivity index (χ0v) is 16.1. The number of hydrogen-bond acceptors (Lipinski definition) is 4. The highest BCUT2D eigenvalue weighted by Gasteiger charge is 2.13. The molecule has 0 fully saturated rings. The largest absolute Gasteiger partial charge is 0.494 e. The van der Waals surface area contributed by atoms with Crippen LogP contribution in [0.5, 0.6) is 17.2 Å². The van der Waals surface area contributed by atoms with E-state index >= 15 is 0 Å². The Labute approximate surface area is 164 Å². The maximum atomic E-state index is 12.1. The topological polar surface area (TPSA) is 77.3 Å². The van der Waals surface area contributed by atoms with Crippen LogP contribution in [-0.2, 0) is 4.79 Å². The summed E-state index contributed by atoms with van der Waals surface area (Å²) in [6, 6.07) is 18.6. The summed E-state index contributed by atoms with van der Waals surface area (Å²) in [5, 5.41) is 4.81. The molecule has 0 bridgehead atoms. The summed E-state index contributed by atoms with van der Waals surface area (Å²) in [5.74, 6) is 3.01. The maximum Gasteiger partial charge on any atom is 0.279 e. The number of anilines is 1. The Morgan fingerprint density at radius 2 is 1.68 bits per heavy atom. The molecule has 1 amide bonds. The minimum absolute atomic E-state index is 0.0708. The lowest BCUT2D eigenvalue weighted by Crippen LogP contribution is -2.86. The van der Waals surface area contributed by atoms with Gasteiger partial charge in [0.15, 0.2) is 12.3 Å². The molecule has 3 N–H and O–H groups in total. The van der Waals surface area contributed by atoms with E-state index in [1.54, 1.807) is 6.26 Å². The number of rotatable bonds is 9. The lowest BCUT2D eigenvalue weighted by molar-refractivity contribution is -0.684. The molecular weight excluding hydrogens is 356 g/mol. The Kier molecular flexibility index (Phi) is 6.70. The van der Waals surface area contributed by atoms with Crippen LogP contribution in [0.1, 0.15) is 25.6 Å². The third kappa shape index (κ3) is 5.62. The predicted molar refractivity (Wildman–Crippen MR) is 107 cm³/mol. The number of quaternary nitrogens is 1. The summed E-state index contributed by atoms with van der Waals surface area (Å²) in [5.41, 5.74) is 0.725. The normalized spacial score (nSPS) is 11.6. The van der Waals surface area contributed by atoms with Crippen LogP contribution in [0.2, 0.25) is 0 Å². The average Bonchev–Trinajstić information content (AvgIpc) is 3.24. The molecule has 6 heteroatoms. The number of amides is 1. The molecule has 0 aliphatic rings. The van der Waals surface area contributed by atoms with Gasteiger partial charge in [-0.2, -0.15) is 0 Å². The average molecular weight is 381 g/mol. The number of hydrogen-bond donors (Lipinski definition) is 2. The first-order chi connectivity index (χ1) is 13.6. The minimum Gasteiger partial charge on any atom is -0.494 e. The van der Waals surface area contributed by atoms with Gasteiger partial charge in [-0.05, 0) is 74.5 Å². The fraction of sp³-hybridized carbons (Fsp3) is 0.227. The van der Waals surface area contributed by atoms with Gasteiger partial charge in [0.1, 0.15) is 23.3 Å². The van der Waals surface area contributed by atoms with E-state index in [-0.39, 0.29) is 11.9 Å². The van der Waals surface area contributed by atoms with E-state index in [0.29, 0.717) is 18.9 Å². The van der Waals surface area contributed by atoms with Crippen LogP contribution in [-0.4, -0.2) is 19.1 Å². The lowest BCUT2D eigenvalue weighted by Gasteiger charge is -2.10. The van der Waals surface area contributed by atoms with Gasteiger partial charge >= 0.3 is 0 Å². The van der Waals surface area contributed by atoms with Crippen molar-refractivity contribution in [2.24, 2.45) is 0 Å². The molecular formula is C22H25N2O4+. The Hall–Kier alpha value is -3.25. The SMILES string of the molecule is CCOc1ccc(Oc2ccc(NC(=O)C[NH2+][C@H](C)c3ccco3)cc2)cc1. The number of carbonyl (C=O) groups excluding carboxylic acids is 1. The molecule has 3 rings (SSSR count). The Morgan fingerprint density at radius 3 is 2.29 bits per heavy atom. The quantitative estimate of drug-likeness (QED) is 0.592. The van der Waals surface area contributed by atoms with E-state index in [1.807, 2.05) is 79.8 Å². The van der Waals surface area contributed by atoms with E-state index in [2.05, 4.69) is 5.32 Å². The zero-order valence-electron chi connectivity index (χ0n) is 16.1. The second kappa shape index (κ2) is 9.62. The Morgan fingerprint density at radius 1 is 1.04 bits per heavy atom. The predicted octanol–water partition coefficient (Wildman–Crippen LogP) is 3.73. The molecule has 0 radical (unpaired) electrons. The summed E-state index contributed by atoms with van der Waals surface area (Å²) in [4.78, 5) is 12.1. The van der Waals surface area contributed by atoms with Gasteiger partial charge in [-0.1, -0.05) is 0 Å². The van der Waals surface area contributed by atoms with Crippen molar-refractivity contribution in [1.82, 2.24) is 0 Å². The molecule has 6 nitrogen and oxygen atoms in total. The molecule has 28 heavy (non-hydrogen) atoms. The number of ether oxygens (including phenoxy) is 2. The second-order valence-corrected chi connectivity index (χ2v) is 6.32. The van der Waals surface area contributed by atoms with Crippen molar-refractivity contribution in [2.45, 2.75) is 19.9 Å². The highest BCUT2D eigenvalue weighted by molar-refractivity contribution is 5.91. The van der Waals surface area contributed by atoms with Crippen LogP contribution in [0.3, 0.4) is 0 Å². The highest BCUT2D eigenvalue weighted by Crippen LogP contribution is 2.25. The maximum absolute atomic E-state index is 12.1. The van der Waals surface area contributed by atoms with E-state index in [9.17, 15) is 4.79 Å². The molecule has 3 aromatic rings. The Bertz CT molecular complexity index is 859. The van der Waals surface area contributed by atoms with Crippen LogP contribution in [0.25, 0.3) is 0 Å². The molecule has 0 aliphatic heterocycles. The van der Waals surface area contributed by atoms with Gasteiger partial charge in [0.25, 0.3) is 5.91 Å². The fourth-order valence-electron chi connectivity index (χ4n) is 2.68. The van der Waals surface area contributed by atoms with Crippen molar-refractivity contribution >= 4 is 11.6 Å². The van der Waals surface area contributed by atoms with Gasteiger partial charge in [-0.3, -0.25) is 4.79 Å². The van der Waals surface area contributed by atoms with Crippen LogP contribution in [0.15, 0.2) is 71.3 Å². The monoisotopic (exact) mass is 381 g/mol. The molecule has 146 valence electrons. The van der Waals surface area contributed by atoms with Crippen molar-refractivity contribution in [3.8, 4) is 17.2 Å². The Balaban J connectivity index is 1.47. The van der Waals surface area contributed by atoms with E-state index in [4.69, 9.17) is 13.9 Å². The second-order valence-electron chi connectivity index (χ2n) is 6.32. The first kappa shape index (κ1) is 19.5. The van der Waals surface area contributed by atoms with Crippen molar-refractivity contribution in [3.05, 3.63) is 72.7 Å². The molecule has 2 aromatic carbocycles. The van der Waals surface area contributed by atoms with Crippen molar-refractivity contribution in [2.75, 3.05) is 18.5 Å². The lowest BCUT2D eigenvalue weighted by atomic mass is 10.2. The standard InChI is InChI=1S/C22H24N2O4/c1-3-26-18-10-12-20(13-11-18)28-19-8-6-17(7-9-19)24-22(25)15-23-16(2)21-5-4-14-27-21/h4-14,16,23H,3,15H2,1-2H3,(H,24,25)/p+1/t16-/m1/s1. The van der Waals surface area contributed by atoms with E-state index in [0.717, 1.165) is 22.9 Å². The molecule has 1 aromatic heterocycles. The fourth-order valence-corrected chi connectivity index (χ4v) is 2.68. The highest BCUT2D eigenvalue weighted by atomic mass is 16.5. The van der Waals surface area contributed by atoms with Crippen molar-refractivity contribution in [3.63, 3.8) is 0 Å². The number of furan rings is 1. The molecule has 1 atom stereocenters. The summed E-state index contributed by atoms with van der Waals surface area (Å²) >= 11 is 0. The van der Waals surface area contributed by atoms with Crippen LogP contribution >= 0.6 is 0 Å². The molecule has 1 heterocycles. The van der Waals surface area contributed by atoms with Gasteiger partial charge in [0, 0.05) is 5.69 Å². The molecule has 0 saturated carbocycles. The number of nitrogens with one attached hydrogen (secondary N) is 1. The zero-order chi connectivity index (χ0) is 19.8. The van der Waals surface area contributed by atoms with Crippen LogP contribution in [0.4, 0.5) is 5.69 Å². The molecule has 0 aliphatic carbocycles. The van der Waals surface area contributed by atoms with E-state index in [1.165, 1.54) is 0 Å². The van der Waals surface area contributed by atoms with Crippen molar-refractivity contribution < 1.29 is 24.0 Å². The van der Waals surface area contributed by atoms with E-state index < -0.39 is 0 Å². The smallest absolute Gasteiger partial charge is 0.279 e. The van der Waals surface area contributed by atoms with Gasteiger partial charge in [-0.15, -0.1) is 0 Å². The summed E-state index contributed by atoms with van der Waals surface area (Å²) in [6.45, 7) is 4.89. The molecule has 0 spiro atoms. The third-order valence-corrected chi connectivity index (χ3v) is 4.16. The van der Waals surface area contributed by atoms with Gasteiger partial charge in [0.05, 0.1) is 12.9 Å². The van der Waals surface area contributed by atoms with Crippen LogP contribution < -0.4 is 20.1 Å². The number of benzene rings is 2. The van der Waals surface area contributed by atoms with Gasteiger partial charge < -0.3 is 24.5 Å². The van der Waals surface area contributed by atoms with Gasteiger partial charge in [-0.25, -0.2) is 0 Å². The number of carbonyl (C=O) groups is 1. The number of nitrogens with two attached hydrogens (primary N) is 1.